The van der Waals surface area contributed by atoms with E-state index in [2.05, 4.69) is 130 Å². The van der Waals surface area contributed by atoms with Crippen LogP contribution in [0.25, 0.3) is 0 Å². The normalized spacial score (nSPS) is 12.8. The Labute approximate surface area is 482 Å². The third-order valence-electron chi connectivity index (χ3n) is 14.0. The number of carbonyl (C=O) groups is 3. The number of hydrogen-bond donors (Lipinski definition) is 0. The molecular formula is C72H122O6. The number of rotatable bonds is 59. The molecule has 78 heavy (non-hydrogen) atoms. The summed E-state index contributed by atoms with van der Waals surface area (Å²) in [6.45, 7) is 6.50. The van der Waals surface area contributed by atoms with E-state index >= 15 is 0 Å². The fourth-order valence-electron chi connectivity index (χ4n) is 9.10. The molecule has 1 atom stereocenters. The van der Waals surface area contributed by atoms with Gasteiger partial charge in [0.1, 0.15) is 13.2 Å². The van der Waals surface area contributed by atoms with Crippen molar-refractivity contribution in [2.24, 2.45) is 0 Å². The lowest BCUT2D eigenvalue weighted by Crippen LogP contribution is -2.30. The second-order valence-corrected chi connectivity index (χ2v) is 21.6. The second kappa shape index (κ2) is 65.6. The van der Waals surface area contributed by atoms with Crippen LogP contribution in [0.3, 0.4) is 0 Å². The molecule has 0 aromatic rings. The van der Waals surface area contributed by atoms with Crippen molar-refractivity contribution in [2.75, 3.05) is 13.2 Å². The molecule has 0 fully saturated rings. The Kier molecular flexibility index (Phi) is 62.3. The molecular weight excluding hydrogens is 961 g/mol. The molecule has 0 saturated heterocycles. The number of unbranched alkanes of at least 4 members (excludes halogenated alkanes) is 30. The summed E-state index contributed by atoms with van der Waals surface area (Å²) in [6.07, 6.45) is 89.5. The van der Waals surface area contributed by atoms with Crippen LogP contribution in [-0.2, 0) is 28.6 Å². The monoisotopic (exact) mass is 1080 g/mol. The van der Waals surface area contributed by atoms with E-state index in [9.17, 15) is 14.4 Å². The van der Waals surface area contributed by atoms with Gasteiger partial charge in [-0.2, -0.15) is 0 Å². The Hall–Kier alpha value is -3.93. The van der Waals surface area contributed by atoms with Gasteiger partial charge >= 0.3 is 17.9 Å². The Bertz CT molecular complexity index is 1570. The Morgan fingerprint density at radius 3 is 0.808 bits per heavy atom. The lowest BCUT2D eigenvalue weighted by molar-refractivity contribution is -0.167. The zero-order valence-corrected chi connectivity index (χ0v) is 51.2. The van der Waals surface area contributed by atoms with Crippen molar-refractivity contribution in [3.05, 3.63) is 109 Å². The smallest absolute Gasteiger partial charge is 0.306 e. The van der Waals surface area contributed by atoms with Gasteiger partial charge in [-0.3, -0.25) is 14.4 Å². The van der Waals surface area contributed by atoms with Crippen molar-refractivity contribution in [1.29, 1.82) is 0 Å². The van der Waals surface area contributed by atoms with Crippen molar-refractivity contribution < 1.29 is 28.6 Å². The standard InChI is InChI=1S/C72H122O6/c1-4-7-10-13-16-19-22-25-28-31-33-35-36-38-39-41-44-47-50-53-56-59-62-65-71(74)77-68-69(67-76-70(73)64-61-58-55-52-49-46-43-30-27-24-21-18-15-12-9-6-3)78-72(75)66-63-60-57-54-51-48-45-42-40-37-34-32-29-26-23-20-17-14-11-8-5-2/h8,11,17,20,22,25-26,29,31,33-34,36-38,42,45,51,54,69H,4-7,9-10,12-16,18-19,21,23-24,27-28,30,32,35,39-41,43-44,46-50,52-53,55-68H2,1-3H3/b11-8-,20-17-,25-22-,29-26-,33-31-,37-34-,38-36-,45-42-,54-51-. The highest BCUT2D eigenvalue weighted by atomic mass is 16.6. The molecule has 0 bridgehead atoms. The van der Waals surface area contributed by atoms with Gasteiger partial charge in [-0.15, -0.1) is 0 Å². The number of hydrogen-bond acceptors (Lipinski definition) is 6. The molecule has 0 aliphatic carbocycles. The Balaban J connectivity index is 4.46. The maximum atomic E-state index is 12.9. The van der Waals surface area contributed by atoms with E-state index in [4.69, 9.17) is 14.2 Å². The highest BCUT2D eigenvalue weighted by Crippen LogP contribution is 2.16. The molecule has 0 radical (unpaired) electrons. The topological polar surface area (TPSA) is 78.9 Å². The quantitative estimate of drug-likeness (QED) is 0.0261. The molecule has 0 heterocycles. The summed E-state index contributed by atoms with van der Waals surface area (Å²) in [7, 11) is 0. The summed E-state index contributed by atoms with van der Waals surface area (Å²) in [5, 5.41) is 0. The predicted octanol–water partition coefficient (Wildman–Crippen LogP) is 22.6. The van der Waals surface area contributed by atoms with Crippen molar-refractivity contribution in [3.63, 3.8) is 0 Å². The van der Waals surface area contributed by atoms with Crippen LogP contribution in [0.15, 0.2) is 109 Å². The molecule has 0 aliphatic rings. The molecule has 0 amide bonds. The summed E-state index contributed by atoms with van der Waals surface area (Å²) in [4.78, 5) is 38.4. The van der Waals surface area contributed by atoms with E-state index in [1.54, 1.807) is 0 Å². The number of ether oxygens (including phenoxy) is 3. The molecule has 0 aromatic carbocycles. The van der Waals surface area contributed by atoms with Gasteiger partial charge in [0, 0.05) is 19.3 Å². The third kappa shape index (κ3) is 62.9. The van der Waals surface area contributed by atoms with E-state index in [1.165, 1.54) is 154 Å². The van der Waals surface area contributed by atoms with Gasteiger partial charge in [-0.05, 0) is 109 Å². The molecule has 0 aliphatic heterocycles. The van der Waals surface area contributed by atoms with E-state index < -0.39 is 6.10 Å². The first kappa shape index (κ1) is 74.1. The molecule has 1 unspecified atom stereocenters. The maximum Gasteiger partial charge on any atom is 0.306 e. The molecule has 0 spiro atoms. The van der Waals surface area contributed by atoms with Crippen LogP contribution in [0.4, 0.5) is 0 Å². The van der Waals surface area contributed by atoms with Crippen LogP contribution >= 0.6 is 0 Å². The summed E-state index contributed by atoms with van der Waals surface area (Å²) in [6, 6.07) is 0. The number of esters is 3. The van der Waals surface area contributed by atoms with E-state index in [-0.39, 0.29) is 37.5 Å². The van der Waals surface area contributed by atoms with Gasteiger partial charge in [0.2, 0.25) is 0 Å². The van der Waals surface area contributed by atoms with Crippen LogP contribution in [0.5, 0.6) is 0 Å². The average molecular weight is 1080 g/mol. The van der Waals surface area contributed by atoms with Gasteiger partial charge in [0.25, 0.3) is 0 Å². The maximum absolute atomic E-state index is 12.9. The predicted molar refractivity (Wildman–Crippen MR) is 339 cm³/mol. The summed E-state index contributed by atoms with van der Waals surface area (Å²) < 4.78 is 16.9. The minimum atomic E-state index is -0.807. The first-order valence-corrected chi connectivity index (χ1v) is 32.9. The summed E-state index contributed by atoms with van der Waals surface area (Å²) in [5.74, 6) is -0.938. The fourth-order valence-corrected chi connectivity index (χ4v) is 9.10. The van der Waals surface area contributed by atoms with Crippen molar-refractivity contribution >= 4 is 17.9 Å². The summed E-state index contributed by atoms with van der Waals surface area (Å²) >= 11 is 0. The third-order valence-corrected chi connectivity index (χ3v) is 14.0. The molecule has 446 valence electrons. The van der Waals surface area contributed by atoms with Crippen LogP contribution in [0.2, 0.25) is 0 Å². The largest absolute Gasteiger partial charge is 0.462 e. The first-order chi connectivity index (χ1) is 38.5. The van der Waals surface area contributed by atoms with Crippen molar-refractivity contribution in [2.45, 2.75) is 316 Å². The van der Waals surface area contributed by atoms with Gasteiger partial charge < -0.3 is 14.2 Å². The lowest BCUT2D eigenvalue weighted by Gasteiger charge is -2.18. The molecule has 0 saturated carbocycles. The minimum Gasteiger partial charge on any atom is -0.462 e. The van der Waals surface area contributed by atoms with Crippen molar-refractivity contribution in [3.8, 4) is 0 Å². The van der Waals surface area contributed by atoms with Gasteiger partial charge in [-0.1, -0.05) is 291 Å². The second-order valence-electron chi connectivity index (χ2n) is 21.6. The van der Waals surface area contributed by atoms with Gasteiger partial charge in [0.05, 0.1) is 0 Å². The Morgan fingerprint density at radius 1 is 0.269 bits per heavy atom. The SMILES string of the molecule is CC/C=C\C/C=C\C/C=C\C/C=C\C/C=C\C/C=C\CCCCC(=O)OC(COC(=O)CCCCCCCCCC/C=C\C/C=C\C/C=C\CCCCCCC)COC(=O)CCCCCCCCCCCCCCCCCC. The number of carbonyl (C=O) groups excluding carboxylic acids is 3. The first-order valence-electron chi connectivity index (χ1n) is 32.9. The van der Waals surface area contributed by atoms with Crippen LogP contribution < -0.4 is 0 Å². The highest BCUT2D eigenvalue weighted by Gasteiger charge is 2.19. The minimum absolute atomic E-state index is 0.0969. The highest BCUT2D eigenvalue weighted by molar-refractivity contribution is 5.71. The van der Waals surface area contributed by atoms with E-state index in [0.717, 1.165) is 109 Å². The average Bonchev–Trinajstić information content (AvgIpc) is 3.44. The molecule has 0 N–H and O–H groups in total. The van der Waals surface area contributed by atoms with Gasteiger partial charge in [0.15, 0.2) is 6.10 Å². The molecule has 0 rings (SSSR count). The molecule has 6 nitrogen and oxygen atoms in total. The summed E-state index contributed by atoms with van der Waals surface area (Å²) in [5.41, 5.74) is 0. The fraction of sp³-hybridized carbons (Fsp3) is 0.708. The van der Waals surface area contributed by atoms with Crippen LogP contribution in [-0.4, -0.2) is 37.2 Å². The van der Waals surface area contributed by atoms with Crippen LogP contribution in [0, 0.1) is 0 Å². The Morgan fingerprint density at radius 2 is 0.500 bits per heavy atom. The van der Waals surface area contributed by atoms with Crippen LogP contribution in [0.1, 0.15) is 310 Å². The number of allylic oxidation sites excluding steroid dienone is 18. The van der Waals surface area contributed by atoms with E-state index in [0.29, 0.717) is 19.3 Å². The molecule has 0 aromatic heterocycles. The van der Waals surface area contributed by atoms with Gasteiger partial charge in [-0.25, -0.2) is 0 Å². The lowest BCUT2D eigenvalue weighted by atomic mass is 10.0. The van der Waals surface area contributed by atoms with Crippen molar-refractivity contribution in [1.82, 2.24) is 0 Å². The molecule has 6 heteroatoms. The zero-order chi connectivity index (χ0) is 56.4. The van der Waals surface area contributed by atoms with E-state index in [1.807, 2.05) is 0 Å². The zero-order valence-electron chi connectivity index (χ0n) is 51.2.